The Morgan fingerprint density at radius 3 is 2.25 bits per heavy atom. The van der Waals surface area contributed by atoms with Crippen molar-refractivity contribution in [2.45, 2.75) is 27.4 Å². The third-order valence-corrected chi connectivity index (χ3v) is 4.20. The Morgan fingerprint density at radius 1 is 1.00 bits per heavy atom. The van der Waals surface area contributed by atoms with Gasteiger partial charge in [0.05, 0.1) is 5.69 Å². The third-order valence-electron chi connectivity index (χ3n) is 4.20. The van der Waals surface area contributed by atoms with Gasteiger partial charge in [0.2, 0.25) is 0 Å². The summed E-state index contributed by atoms with van der Waals surface area (Å²) in [5.41, 5.74) is 4.50. The zero-order valence-electron chi connectivity index (χ0n) is 14.1. The molecule has 4 heteroatoms. The summed E-state index contributed by atoms with van der Waals surface area (Å²) < 4.78 is 7.21. The monoisotopic (exact) mass is 320 g/mol. The van der Waals surface area contributed by atoms with Gasteiger partial charge in [-0.1, -0.05) is 30.3 Å². The number of rotatable bonds is 4. The Balaban J connectivity index is 1.72. The molecule has 3 aromatic rings. The molecule has 2 aromatic carbocycles. The molecule has 0 aliphatic rings. The van der Waals surface area contributed by atoms with E-state index in [1.807, 2.05) is 63.2 Å². The summed E-state index contributed by atoms with van der Waals surface area (Å²) in [4.78, 5) is 12.6. The first kappa shape index (κ1) is 16.0. The molecule has 0 amide bonds. The van der Waals surface area contributed by atoms with E-state index >= 15 is 0 Å². The van der Waals surface area contributed by atoms with Crippen molar-refractivity contribution in [2.24, 2.45) is 0 Å². The fraction of sp³-hybridized carbons (Fsp3) is 0.200. The van der Waals surface area contributed by atoms with Crippen LogP contribution in [0.25, 0.3) is 0 Å². The van der Waals surface area contributed by atoms with Gasteiger partial charge in [-0.3, -0.25) is 4.79 Å². The molecular weight excluding hydrogens is 300 g/mol. The largest absolute Gasteiger partial charge is 0.489 e. The van der Waals surface area contributed by atoms with Crippen molar-refractivity contribution in [3.05, 3.63) is 82.7 Å². The van der Waals surface area contributed by atoms with Crippen molar-refractivity contribution >= 4 is 5.91 Å². The molecular formula is C20H20N2O2. The number of hydrogen-bond donors (Lipinski definition) is 0. The normalized spacial score (nSPS) is 10.6. The number of nitrogens with zero attached hydrogens (tertiary/aromatic N) is 2. The van der Waals surface area contributed by atoms with Crippen LogP contribution in [-0.4, -0.2) is 15.7 Å². The van der Waals surface area contributed by atoms with Gasteiger partial charge in [-0.25, -0.2) is 4.68 Å². The van der Waals surface area contributed by atoms with Gasteiger partial charge in [-0.05, 0) is 56.2 Å². The van der Waals surface area contributed by atoms with Crippen molar-refractivity contribution in [3.63, 3.8) is 0 Å². The molecule has 1 heterocycles. The molecule has 0 radical (unpaired) electrons. The van der Waals surface area contributed by atoms with Crippen LogP contribution in [0.4, 0.5) is 0 Å². The van der Waals surface area contributed by atoms with Crippen molar-refractivity contribution in [2.75, 3.05) is 0 Å². The molecule has 0 spiro atoms. The standard InChI is InChI=1S/C20H20N2O2/c1-14-15(2)21-22(16(14)3)20(23)18-9-11-19(12-10-18)24-13-17-7-5-4-6-8-17/h4-12H,13H2,1-3H3. The molecule has 0 fully saturated rings. The Labute approximate surface area is 141 Å². The average molecular weight is 320 g/mol. The van der Waals surface area contributed by atoms with Crippen LogP contribution in [0.1, 0.15) is 32.9 Å². The maximum absolute atomic E-state index is 12.6. The van der Waals surface area contributed by atoms with Crippen LogP contribution in [0.3, 0.4) is 0 Å². The first-order valence-corrected chi connectivity index (χ1v) is 7.90. The molecule has 3 rings (SSSR count). The van der Waals surface area contributed by atoms with Gasteiger partial charge in [0.1, 0.15) is 12.4 Å². The van der Waals surface area contributed by atoms with Gasteiger partial charge >= 0.3 is 0 Å². The summed E-state index contributed by atoms with van der Waals surface area (Å²) in [7, 11) is 0. The second-order valence-electron chi connectivity index (χ2n) is 5.81. The van der Waals surface area contributed by atoms with E-state index in [4.69, 9.17) is 4.74 Å². The topological polar surface area (TPSA) is 44.1 Å². The maximum atomic E-state index is 12.6. The number of carbonyl (C=O) groups excluding carboxylic acids is 1. The highest BCUT2D eigenvalue weighted by Crippen LogP contribution is 2.17. The average Bonchev–Trinajstić information content (AvgIpc) is 2.88. The van der Waals surface area contributed by atoms with Crippen LogP contribution in [0.5, 0.6) is 5.75 Å². The number of carbonyl (C=O) groups is 1. The molecule has 0 saturated heterocycles. The van der Waals surface area contributed by atoms with Crippen molar-refractivity contribution in [1.29, 1.82) is 0 Å². The molecule has 0 aliphatic carbocycles. The minimum Gasteiger partial charge on any atom is -0.489 e. The van der Waals surface area contributed by atoms with Gasteiger partial charge in [-0.2, -0.15) is 5.10 Å². The van der Waals surface area contributed by atoms with Gasteiger partial charge in [0.25, 0.3) is 5.91 Å². The first-order valence-electron chi connectivity index (χ1n) is 7.90. The van der Waals surface area contributed by atoms with Crippen LogP contribution in [0.15, 0.2) is 54.6 Å². The summed E-state index contributed by atoms with van der Waals surface area (Å²) in [6.07, 6.45) is 0. The van der Waals surface area contributed by atoms with Crippen LogP contribution in [0, 0.1) is 20.8 Å². The minimum absolute atomic E-state index is 0.127. The van der Waals surface area contributed by atoms with Crippen molar-refractivity contribution in [1.82, 2.24) is 9.78 Å². The summed E-state index contributed by atoms with van der Waals surface area (Å²) in [5.74, 6) is 0.610. The molecule has 0 bridgehead atoms. The van der Waals surface area contributed by atoms with Gasteiger partial charge in [0.15, 0.2) is 0 Å². The number of hydrogen-bond acceptors (Lipinski definition) is 3. The predicted octanol–water partition coefficient (Wildman–Crippen LogP) is 4.08. The number of aromatic nitrogens is 2. The predicted molar refractivity (Wildman–Crippen MR) is 93.4 cm³/mol. The van der Waals surface area contributed by atoms with E-state index in [9.17, 15) is 4.79 Å². The van der Waals surface area contributed by atoms with Gasteiger partial charge < -0.3 is 4.74 Å². The number of ether oxygens (including phenoxy) is 1. The molecule has 0 N–H and O–H groups in total. The lowest BCUT2D eigenvalue weighted by molar-refractivity contribution is 0.0942. The fourth-order valence-corrected chi connectivity index (χ4v) is 2.48. The number of aryl methyl sites for hydroxylation is 1. The SMILES string of the molecule is Cc1nn(C(=O)c2ccc(OCc3ccccc3)cc2)c(C)c1C. The van der Waals surface area contributed by atoms with E-state index < -0.39 is 0 Å². The quantitative estimate of drug-likeness (QED) is 0.727. The van der Waals surface area contributed by atoms with E-state index in [0.717, 1.165) is 28.3 Å². The van der Waals surface area contributed by atoms with Crippen molar-refractivity contribution in [3.8, 4) is 5.75 Å². The molecule has 0 saturated carbocycles. The van der Waals surface area contributed by atoms with Gasteiger partial charge in [-0.15, -0.1) is 0 Å². The molecule has 0 aliphatic heterocycles. The maximum Gasteiger partial charge on any atom is 0.278 e. The van der Waals surface area contributed by atoms with Crippen LogP contribution >= 0.6 is 0 Å². The molecule has 0 atom stereocenters. The molecule has 4 nitrogen and oxygen atoms in total. The van der Waals surface area contributed by atoms with Gasteiger partial charge in [0, 0.05) is 11.3 Å². The summed E-state index contributed by atoms with van der Waals surface area (Å²) in [6.45, 7) is 6.30. The van der Waals surface area contributed by atoms with E-state index in [1.54, 1.807) is 12.1 Å². The highest BCUT2D eigenvalue weighted by Gasteiger charge is 2.15. The Bertz CT molecular complexity index is 849. The van der Waals surface area contributed by atoms with E-state index in [2.05, 4.69) is 5.10 Å². The van der Waals surface area contributed by atoms with Crippen LogP contribution in [-0.2, 0) is 6.61 Å². The zero-order chi connectivity index (χ0) is 17.1. The Morgan fingerprint density at radius 2 is 1.67 bits per heavy atom. The van der Waals surface area contributed by atoms with Crippen molar-refractivity contribution < 1.29 is 9.53 Å². The molecule has 24 heavy (non-hydrogen) atoms. The second-order valence-corrected chi connectivity index (χ2v) is 5.81. The molecule has 122 valence electrons. The lowest BCUT2D eigenvalue weighted by atomic mass is 10.2. The first-order chi connectivity index (χ1) is 11.6. The van der Waals surface area contributed by atoms with E-state index in [-0.39, 0.29) is 5.91 Å². The second kappa shape index (κ2) is 6.71. The Hall–Kier alpha value is -2.88. The van der Waals surface area contributed by atoms with E-state index in [1.165, 1.54) is 4.68 Å². The summed E-state index contributed by atoms with van der Waals surface area (Å²) in [5, 5.41) is 4.32. The molecule has 1 aromatic heterocycles. The highest BCUT2D eigenvalue weighted by atomic mass is 16.5. The molecule has 0 unspecified atom stereocenters. The number of benzene rings is 2. The zero-order valence-corrected chi connectivity index (χ0v) is 14.1. The lowest BCUT2D eigenvalue weighted by Gasteiger charge is -2.08. The highest BCUT2D eigenvalue weighted by molar-refractivity contribution is 5.96. The summed E-state index contributed by atoms with van der Waals surface area (Å²) >= 11 is 0. The minimum atomic E-state index is -0.127. The lowest BCUT2D eigenvalue weighted by Crippen LogP contribution is -2.15. The van der Waals surface area contributed by atoms with E-state index in [0.29, 0.717) is 12.2 Å². The Kier molecular flexibility index (Phi) is 4.47. The van der Waals surface area contributed by atoms with Crippen LogP contribution in [0.2, 0.25) is 0 Å². The fourth-order valence-electron chi connectivity index (χ4n) is 2.48. The smallest absolute Gasteiger partial charge is 0.278 e. The van der Waals surface area contributed by atoms with Crippen LogP contribution < -0.4 is 4.74 Å². The third kappa shape index (κ3) is 3.23. The summed E-state index contributed by atoms with van der Waals surface area (Å²) in [6, 6.07) is 17.1.